The van der Waals surface area contributed by atoms with Gasteiger partial charge in [-0.2, -0.15) is 0 Å². The van der Waals surface area contributed by atoms with Gasteiger partial charge in [0, 0.05) is 31.2 Å². The summed E-state index contributed by atoms with van der Waals surface area (Å²) in [6, 6.07) is 7.63. The van der Waals surface area contributed by atoms with E-state index in [4.69, 9.17) is 0 Å². The number of hydrogen-bond donors (Lipinski definition) is 2. The van der Waals surface area contributed by atoms with E-state index in [0.717, 1.165) is 24.2 Å². The second kappa shape index (κ2) is 9.77. The van der Waals surface area contributed by atoms with Crippen molar-refractivity contribution in [2.24, 2.45) is 0 Å². The maximum absolute atomic E-state index is 11.8. The van der Waals surface area contributed by atoms with E-state index >= 15 is 0 Å². The molecule has 6 nitrogen and oxygen atoms in total. The molecule has 1 aromatic carbocycles. The molecule has 2 aromatic rings. The van der Waals surface area contributed by atoms with Crippen LogP contribution in [0.1, 0.15) is 12.0 Å². The Morgan fingerprint density at radius 3 is 2.83 bits per heavy atom. The van der Waals surface area contributed by atoms with Crippen LogP contribution in [-0.4, -0.2) is 39.4 Å². The number of imidazole rings is 1. The minimum Gasteiger partial charge on any atom is -0.355 e. The highest BCUT2D eigenvalue weighted by atomic mass is 32.2. The van der Waals surface area contributed by atoms with Crippen LogP contribution in [0.5, 0.6) is 0 Å². The number of aromatic nitrogens is 2. The average molecular weight is 346 g/mol. The molecule has 0 fully saturated rings. The van der Waals surface area contributed by atoms with Crippen LogP contribution in [0.2, 0.25) is 0 Å². The fourth-order valence-corrected chi connectivity index (χ4v) is 2.76. The first-order valence-electron chi connectivity index (χ1n) is 7.80. The van der Waals surface area contributed by atoms with E-state index in [2.05, 4.69) is 15.6 Å². The summed E-state index contributed by atoms with van der Waals surface area (Å²) < 4.78 is 1.97. The Hall–Kier alpha value is -2.28. The first kappa shape index (κ1) is 18.1. The van der Waals surface area contributed by atoms with Crippen LogP contribution >= 0.6 is 11.8 Å². The number of carbonyl (C=O) groups is 2. The van der Waals surface area contributed by atoms with Gasteiger partial charge in [-0.05, 0) is 31.0 Å². The van der Waals surface area contributed by atoms with Crippen molar-refractivity contribution in [1.82, 2.24) is 14.9 Å². The molecule has 1 aromatic heterocycles. The molecule has 2 rings (SSSR count). The molecule has 0 saturated carbocycles. The first-order chi connectivity index (χ1) is 11.6. The van der Waals surface area contributed by atoms with Gasteiger partial charge in [0.2, 0.25) is 11.8 Å². The van der Waals surface area contributed by atoms with Crippen LogP contribution in [0.25, 0.3) is 0 Å². The Balaban J connectivity index is 1.54. The minimum absolute atomic E-state index is 0.0472. The van der Waals surface area contributed by atoms with Gasteiger partial charge < -0.3 is 15.2 Å². The number of nitrogens with zero attached hydrogens (tertiary/aromatic N) is 2. The zero-order valence-corrected chi connectivity index (χ0v) is 14.5. The van der Waals surface area contributed by atoms with E-state index in [1.54, 1.807) is 12.5 Å². The molecule has 0 atom stereocenters. The van der Waals surface area contributed by atoms with E-state index in [1.165, 1.54) is 11.8 Å². The summed E-state index contributed by atoms with van der Waals surface area (Å²) in [5.74, 6) is 0.399. The smallest absolute Gasteiger partial charge is 0.234 e. The van der Waals surface area contributed by atoms with Gasteiger partial charge in [0.15, 0.2) is 0 Å². The number of thioether (sulfide) groups is 1. The third-order valence-electron chi connectivity index (χ3n) is 3.24. The topological polar surface area (TPSA) is 76.0 Å². The zero-order chi connectivity index (χ0) is 17.2. The summed E-state index contributed by atoms with van der Waals surface area (Å²) >= 11 is 1.31. The maximum Gasteiger partial charge on any atom is 0.234 e. The third kappa shape index (κ3) is 6.87. The van der Waals surface area contributed by atoms with Crippen LogP contribution < -0.4 is 10.6 Å². The lowest BCUT2D eigenvalue weighted by atomic mass is 10.2. The Morgan fingerprint density at radius 1 is 1.25 bits per heavy atom. The van der Waals surface area contributed by atoms with Crippen LogP contribution in [0.15, 0.2) is 43.0 Å². The van der Waals surface area contributed by atoms with Gasteiger partial charge in [0.25, 0.3) is 0 Å². The molecule has 0 bridgehead atoms. The van der Waals surface area contributed by atoms with E-state index in [9.17, 15) is 9.59 Å². The number of amides is 2. The SMILES string of the molecule is Cc1cccc(NC(=O)CSCC(=O)NCCCn2ccnc2)c1. The van der Waals surface area contributed by atoms with Crippen molar-refractivity contribution >= 4 is 29.3 Å². The molecule has 7 heteroatoms. The second-order valence-corrected chi connectivity index (χ2v) is 6.40. The van der Waals surface area contributed by atoms with Gasteiger partial charge in [0.05, 0.1) is 17.8 Å². The van der Waals surface area contributed by atoms with Crippen molar-refractivity contribution in [3.05, 3.63) is 48.5 Å². The molecule has 0 aliphatic carbocycles. The van der Waals surface area contributed by atoms with E-state index < -0.39 is 0 Å². The molecular weight excluding hydrogens is 324 g/mol. The number of hydrogen-bond acceptors (Lipinski definition) is 4. The molecule has 0 aliphatic heterocycles. The van der Waals surface area contributed by atoms with Crippen molar-refractivity contribution in [3.63, 3.8) is 0 Å². The summed E-state index contributed by atoms with van der Waals surface area (Å²) in [5.41, 5.74) is 1.88. The van der Waals surface area contributed by atoms with Crippen LogP contribution in [0.4, 0.5) is 5.69 Å². The van der Waals surface area contributed by atoms with E-state index in [0.29, 0.717) is 6.54 Å². The third-order valence-corrected chi connectivity index (χ3v) is 4.18. The molecule has 0 radical (unpaired) electrons. The number of anilines is 1. The largest absolute Gasteiger partial charge is 0.355 e. The first-order valence-corrected chi connectivity index (χ1v) is 8.95. The lowest BCUT2D eigenvalue weighted by Crippen LogP contribution is -2.27. The fourth-order valence-electron chi connectivity index (χ4n) is 2.12. The summed E-state index contributed by atoms with van der Waals surface area (Å²) in [6.07, 6.45) is 6.23. The molecular formula is C17H22N4O2S. The Kier molecular flexibility index (Phi) is 7.35. The second-order valence-electron chi connectivity index (χ2n) is 5.41. The van der Waals surface area contributed by atoms with E-state index in [-0.39, 0.29) is 23.3 Å². The van der Waals surface area contributed by atoms with Gasteiger partial charge in [-0.1, -0.05) is 12.1 Å². The standard InChI is InChI=1S/C17H22N4O2S/c1-14-4-2-5-15(10-14)20-17(23)12-24-11-16(22)19-6-3-8-21-9-7-18-13-21/h2,4-5,7,9-10,13H,3,6,8,11-12H2,1H3,(H,19,22)(H,20,23). The highest BCUT2D eigenvalue weighted by molar-refractivity contribution is 8.00. The quantitative estimate of drug-likeness (QED) is 0.682. The monoisotopic (exact) mass is 346 g/mol. The summed E-state index contributed by atoms with van der Waals surface area (Å²) in [6.45, 7) is 3.42. The van der Waals surface area contributed by atoms with Gasteiger partial charge in [-0.15, -0.1) is 11.8 Å². The number of aryl methyl sites for hydroxylation is 2. The molecule has 1 heterocycles. The Morgan fingerprint density at radius 2 is 2.08 bits per heavy atom. The molecule has 0 unspecified atom stereocenters. The van der Waals surface area contributed by atoms with E-state index in [1.807, 2.05) is 42.0 Å². The van der Waals surface area contributed by atoms with Crippen molar-refractivity contribution in [1.29, 1.82) is 0 Å². The van der Waals surface area contributed by atoms with Gasteiger partial charge in [-0.25, -0.2) is 4.98 Å². The van der Waals surface area contributed by atoms with Crippen LogP contribution in [0.3, 0.4) is 0 Å². The summed E-state index contributed by atoms with van der Waals surface area (Å²) in [4.78, 5) is 27.5. The minimum atomic E-state index is -0.0986. The average Bonchev–Trinajstić information content (AvgIpc) is 3.05. The summed E-state index contributed by atoms with van der Waals surface area (Å²) in [5, 5.41) is 5.68. The van der Waals surface area contributed by atoms with Crippen molar-refractivity contribution in [3.8, 4) is 0 Å². The molecule has 0 spiro atoms. The number of benzene rings is 1. The number of nitrogens with one attached hydrogen (secondary N) is 2. The lowest BCUT2D eigenvalue weighted by molar-refractivity contribution is -0.118. The number of rotatable bonds is 9. The van der Waals surface area contributed by atoms with Crippen molar-refractivity contribution in [2.45, 2.75) is 19.9 Å². The molecule has 24 heavy (non-hydrogen) atoms. The van der Waals surface area contributed by atoms with Crippen molar-refractivity contribution < 1.29 is 9.59 Å². The normalized spacial score (nSPS) is 10.4. The molecule has 0 aliphatic rings. The van der Waals surface area contributed by atoms with Crippen molar-refractivity contribution in [2.75, 3.05) is 23.4 Å². The van der Waals surface area contributed by atoms with Crippen LogP contribution in [0, 0.1) is 6.92 Å². The van der Waals surface area contributed by atoms with Crippen LogP contribution in [-0.2, 0) is 16.1 Å². The molecule has 128 valence electrons. The molecule has 0 saturated heterocycles. The fraction of sp³-hybridized carbons (Fsp3) is 0.353. The van der Waals surface area contributed by atoms with Gasteiger partial charge >= 0.3 is 0 Å². The highest BCUT2D eigenvalue weighted by Crippen LogP contribution is 2.10. The lowest BCUT2D eigenvalue weighted by Gasteiger charge is -2.07. The molecule has 2 N–H and O–H groups in total. The van der Waals surface area contributed by atoms with Gasteiger partial charge in [0.1, 0.15) is 0 Å². The molecule has 2 amide bonds. The predicted molar refractivity (Wildman–Crippen MR) is 97.0 cm³/mol. The highest BCUT2D eigenvalue weighted by Gasteiger charge is 2.06. The van der Waals surface area contributed by atoms with Gasteiger partial charge in [-0.3, -0.25) is 9.59 Å². The number of carbonyl (C=O) groups excluding carboxylic acids is 2. The summed E-state index contributed by atoms with van der Waals surface area (Å²) in [7, 11) is 0. The maximum atomic E-state index is 11.8. The zero-order valence-electron chi connectivity index (χ0n) is 13.7. The Labute approximate surface area is 146 Å². The predicted octanol–water partition coefficient (Wildman–Crippen LogP) is 2.07. The Bertz CT molecular complexity index is 658.